The molecule has 146 valence electrons. The summed E-state index contributed by atoms with van der Waals surface area (Å²) in [4.78, 5) is 19.2. The van der Waals surface area contributed by atoms with Crippen LogP contribution in [0, 0.1) is 0 Å². The lowest BCUT2D eigenvalue weighted by molar-refractivity contribution is -0.129. The third-order valence-corrected chi connectivity index (χ3v) is 5.77. The van der Waals surface area contributed by atoms with Crippen molar-refractivity contribution < 1.29 is 9.90 Å². The first-order valence-corrected chi connectivity index (χ1v) is 10.2. The highest BCUT2D eigenvalue weighted by Gasteiger charge is 2.14. The van der Waals surface area contributed by atoms with Gasteiger partial charge in [-0.05, 0) is 23.8 Å². The number of hydrogen-bond acceptors (Lipinski definition) is 5. The fraction of sp³-hybridized carbons (Fsp3) is 0.0500. The number of aliphatic carboxylic acids is 1. The van der Waals surface area contributed by atoms with Gasteiger partial charge in [-0.3, -0.25) is 5.43 Å². The summed E-state index contributed by atoms with van der Waals surface area (Å²) >= 11 is 13.3. The first-order valence-electron chi connectivity index (χ1n) is 8.53. The largest absolute Gasteiger partial charge is 0.477 e. The van der Waals surface area contributed by atoms with Crippen molar-refractivity contribution >= 4 is 62.3 Å². The van der Waals surface area contributed by atoms with Crippen LogP contribution in [-0.2, 0) is 11.2 Å². The highest BCUT2D eigenvalue weighted by molar-refractivity contribution is 7.14. The van der Waals surface area contributed by atoms with Crippen LogP contribution in [0.1, 0.15) is 5.56 Å². The molecule has 0 aliphatic carbocycles. The number of fused-ring (bicyclic) bond motifs is 1. The zero-order valence-electron chi connectivity index (χ0n) is 14.8. The van der Waals surface area contributed by atoms with Crippen LogP contribution in [-0.4, -0.2) is 26.8 Å². The van der Waals surface area contributed by atoms with Crippen LogP contribution in [0.25, 0.3) is 22.2 Å². The predicted molar refractivity (Wildman–Crippen MR) is 118 cm³/mol. The number of para-hydroxylation sites is 1. The predicted octanol–water partition coefficient (Wildman–Crippen LogP) is 5.69. The van der Waals surface area contributed by atoms with E-state index in [9.17, 15) is 9.90 Å². The molecule has 4 rings (SSSR count). The summed E-state index contributed by atoms with van der Waals surface area (Å²) in [5.41, 5.74) is 6.05. The van der Waals surface area contributed by atoms with Crippen molar-refractivity contribution in [3.8, 4) is 11.3 Å². The lowest BCUT2D eigenvalue weighted by atomic mass is 10.1. The second-order valence-electron chi connectivity index (χ2n) is 6.18. The molecule has 29 heavy (non-hydrogen) atoms. The number of rotatable bonds is 6. The van der Waals surface area contributed by atoms with Gasteiger partial charge in [0.05, 0.1) is 15.7 Å². The zero-order chi connectivity index (χ0) is 20.4. The van der Waals surface area contributed by atoms with Crippen LogP contribution in [0.5, 0.6) is 0 Å². The molecular weight excluding hydrogens is 431 g/mol. The van der Waals surface area contributed by atoms with Gasteiger partial charge in [0.25, 0.3) is 0 Å². The molecule has 0 saturated heterocycles. The standard InChI is InChI=1S/C20H14Cl2N4O2S/c21-14-6-5-11(7-15(14)22)18-10-29-20(24-18)26-25-17(19(27)28)8-12-9-23-16-4-2-1-3-13(12)16/h1-7,9-10,23H,8H2,(H,24,26)(H,27,28)/b25-17-. The lowest BCUT2D eigenvalue weighted by Gasteiger charge is -2.02. The van der Waals surface area contributed by atoms with Gasteiger partial charge in [-0.25, -0.2) is 9.78 Å². The average Bonchev–Trinajstić information content (AvgIpc) is 3.34. The van der Waals surface area contributed by atoms with E-state index in [0.29, 0.717) is 20.9 Å². The van der Waals surface area contributed by atoms with Crippen molar-refractivity contribution in [1.29, 1.82) is 0 Å². The second kappa shape index (κ2) is 8.24. The molecule has 0 spiro atoms. The number of aromatic nitrogens is 2. The lowest BCUT2D eigenvalue weighted by Crippen LogP contribution is -2.17. The van der Waals surface area contributed by atoms with Gasteiger partial charge in [0.15, 0.2) is 0 Å². The molecule has 9 heteroatoms. The van der Waals surface area contributed by atoms with Gasteiger partial charge in [0, 0.05) is 34.5 Å². The fourth-order valence-corrected chi connectivity index (χ4v) is 3.81. The first kappa shape index (κ1) is 19.4. The van der Waals surface area contributed by atoms with E-state index < -0.39 is 5.97 Å². The number of halogens is 2. The summed E-state index contributed by atoms with van der Waals surface area (Å²) in [5, 5.41) is 17.8. The number of hydrazone groups is 1. The molecule has 2 aromatic carbocycles. The fourth-order valence-electron chi connectivity index (χ4n) is 2.85. The molecule has 0 unspecified atom stereocenters. The van der Waals surface area contributed by atoms with Gasteiger partial charge in [-0.15, -0.1) is 11.3 Å². The molecule has 4 aromatic rings. The maximum Gasteiger partial charge on any atom is 0.352 e. The third-order valence-electron chi connectivity index (χ3n) is 4.29. The maximum absolute atomic E-state index is 11.7. The Morgan fingerprint density at radius 3 is 2.83 bits per heavy atom. The van der Waals surface area contributed by atoms with Gasteiger partial charge in [-0.2, -0.15) is 5.10 Å². The second-order valence-corrected chi connectivity index (χ2v) is 7.85. The Labute approximate surface area is 179 Å². The SMILES string of the molecule is O=C(O)/C(Cc1c[nH]c2ccccc12)=N\Nc1nc(-c2ccc(Cl)c(Cl)c2)cs1. The molecule has 0 fully saturated rings. The van der Waals surface area contributed by atoms with E-state index in [0.717, 1.165) is 22.0 Å². The molecule has 0 saturated carbocycles. The average molecular weight is 445 g/mol. The van der Waals surface area contributed by atoms with Gasteiger partial charge in [0.1, 0.15) is 5.71 Å². The van der Waals surface area contributed by atoms with Crippen LogP contribution >= 0.6 is 34.5 Å². The Kier molecular flexibility index (Phi) is 5.53. The molecule has 2 heterocycles. The Morgan fingerprint density at radius 1 is 1.21 bits per heavy atom. The van der Waals surface area contributed by atoms with Crippen LogP contribution in [0.15, 0.2) is 59.1 Å². The number of benzene rings is 2. The Bertz CT molecular complexity index is 1230. The Balaban J connectivity index is 1.53. The number of nitrogens with zero attached hydrogens (tertiary/aromatic N) is 2. The number of nitrogens with one attached hydrogen (secondary N) is 2. The van der Waals surface area contributed by atoms with Crippen molar-refractivity contribution in [1.82, 2.24) is 9.97 Å². The van der Waals surface area contributed by atoms with E-state index in [1.165, 1.54) is 11.3 Å². The molecule has 3 N–H and O–H groups in total. The quantitative estimate of drug-likeness (QED) is 0.263. The monoisotopic (exact) mass is 444 g/mol. The molecule has 2 aromatic heterocycles. The molecule has 0 aliphatic rings. The van der Waals surface area contributed by atoms with Gasteiger partial charge >= 0.3 is 5.97 Å². The minimum Gasteiger partial charge on any atom is -0.477 e. The Morgan fingerprint density at radius 2 is 2.03 bits per heavy atom. The topological polar surface area (TPSA) is 90.4 Å². The van der Waals surface area contributed by atoms with E-state index in [1.807, 2.05) is 35.7 Å². The minimum atomic E-state index is -1.09. The maximum atomic E-state index is 11.7. The number of anilines is 1. The van der Waals surface area contributed by atoms with Crippen molar-refractivity contribution in [2.45, 2.75) is 6.42 Å². The van der Waals surface area contributed by atoms with E-state index in [1.54, 1.807) is 18.3 Å². The van der Waals surface area contributed by atoms with Crippen molar-refractivity contribution in [3.05, 3.63) is 69.7 Å². The normalized spacial score (nSPS) is 11.7. The summed E-state index contributed by atoms with van der Waals surface area (Å²) in [5.74, 6) is -1.09. The van der Waals surface area contributed by atoms with Gasteiger partial charge in [-0.1, -0.05) is 47.5 Å². The Hall–Kier alpha value is -2.87. The number of carboxylic acids is 1. The van der Waals surface area contributed by atoms with Crippen molar-refractivity contribution in [2.75, 3.05) is 5.43 Å². The van der Waals surface area contributed by atoms with E-state index in [4.69, 9.17) is 23.2 Å². The number of aromatic amines is 1. The summed E-state index contributed by atoms with van der Waals surface area (Å²) in [6.45, 7) is 0. The highest BCUT2D eigenvalue weighted by Crippen LogP contribution is 2.30. The summed E-state index contributed by atoms with van der Waals surface area (Å²) in [6.07, 6.45) is 1.98. The van der Waals surface area contributed by atoms with Crippen LogP contribution < -0.4 is 5.43 Å². The number of H-pyrrole nitrogens is 1. The number of carbonyl (C=O) groups is 1. The summed E-state index contributed by atoms with van der Waals surface area (Å²) < 4.78 is 0. The molecule has 0 bridgehead atoms. The van der Waals surface area contributed by atoms with Gasteiger partial charge in [0.2, 0.25) is 5.13 Å². The van der Waals surface area contributed by atoms with Crippen LogP contribution in [0.3, 0.4) is 0 Å². The molecule has 6 nitrogen and oxygen atoms in total. The molecule has 0 radical (unpaired) electrons. The number of thiazole rings is 1. The van der Waals surface area contributed by atoms with Gasteiger partial charge < -0.3 is 10.1 Å². The molecule has 0 atom stereocenters. The number of carboxylic acid groups (broad SMARTS) is 1. The molecule has 0 amide bonds. The molecular formula is C20H14Cl2N4O2S. The number of hydrogen-bond donors (Lipinski definition) is 3. The van der Waals surface area contributed by atoms with Crippen LogP contribution in [0.4, 0.5) is 5.13 Å². The van der Waals surface area contributed by atoms with Crippen molar-refractivity contribution in [3.63, 3.8) is 0 Å². The van der Waals surface area contributed by atoms with Crippen molar-refractivity contribution in [2.24, 2.45) is 5.10 Å². The van der Waals surface area contributed by atoms with E-state index in [2.05, 4.69) is 20.5 Å². The summed E-state index contributed by atoms with van der Waals surface area (Å²) in [7, 11) is 0. The zero-order valence-corrected chi connectivity index (χ0v) is 17.1. The third kappa shape index (κ3) is 4.27. The minimum absolute atomic E-state index is 0.0129. The summed E-state index contributed by atoms with van der Waals surface area (Å²) in [6, 6.07) is 13.0. The van der Waals surface area contributed by atoms with E-state index in [-0.39, 0.29) is 12.1 Å². The first-order chi connectivity index (χ1) is 14.0. The van der Waals surface area contributed by atoms with E-state index >= 15 is 0 Å². The molecule has 0 aliphatic heterocycles. The smallest absolute Gasteiger partial charge is 0.352 e. The van der Waals surface area contributed by atoms with Crippen LogP contribution in [0.2, 0.25) is 10.0 Å². The highest BCUT2D eigenvalue weighted by atomic mass is 35.5.